The maximum Gasteiger partial charge on any atom is 0.260 e. The number of benzene rings is 1. The van der Waals surface area contributed by atoms with Gasteiger partial charge in [-0.15, -0.1) is 11.3 Å². The molecular formula is C15H13ClN2O2S. The van der Waals surface area contributed by atoms with Crippen molar-refractivity contribution in [3.63, 3.8) is 0 Å². The molecular weight excluding hydrogens is 308 g/mol. The van der Waals surface area contributed by atoms with Crippen LogP contribution < -0.4 is 10.3 Å². The predicted octanol–water partition coefficient (Wildman–Crippen LogP) is 3.83. The second kappa shape index (κ2) is 5.50. The summed E-state index contributed by atoms with van der Waals surface area (Å²) in [5, 5.41) is 1.20. The van der Waals surface area contributed by atoms with Crippen molar-refractivity contribution in [2.24, 2.45) is 0 Å². The zero-order valence-electron chi connectivity index (χ0n) is 11.6. The number of aryl methyl sites for hydroxylation is 2. The highest BCUT2D eigenvalue weighted by molar-refractivity contribution is 7.18. The largest absolute Gasteiger partial charge is 0.484 e. The lowest BCUT2D eigenvalue weighted by Gasteiger charge is -2.07. The normalized spacial score (nSPS) is 11.0. The van der Waals surface area contributed by atoms with Crippen LogP contribution in [0.25, 0.3) is 10.2 Å². The van der Waals surface area contributed by atoms with Crippen LogP contribution in [-0.4, -0.2) is 9.97 Å². The first-order valence-corrected chi connectivity index (χ1v) is 7.62. The number of nitrogens with zero attached hydrogens (tertiary/aromatic N) is 1. The van der Waals surface area contributed by atoms with E-state index in [9.17, 15) is 4.79 Å². The molecule has 3 rings (SSSR count). The van der Waals surface area contributed by atoms with Gasteiger partial charge in [-0.2, -0.15) is 0 Å². The van der Waals surface area contributed by atoms with Gasteiger partial charge in [-0.3, -0.25) is 4.79 Å². The molecule has 0 atom stereocenters. The maximum absolute atomic E-state index is 12.1. The first-order valence-electron chi connectivity index (χ1n) is 6.42. The predicted molar refractivity (Wildman–Crippen MR) is 85.5 cm³/mol. The third-order valence-electron chi connectivity index (χ3n) is 3.29. The van der Waals surface area contributed by atoms with Gasteiger partial charge < -0.3 is 9.72 Å². The summed E-state index contributed by atoms with van der Waals surface area (Å²) >= 11 is 7.54. The second-order valence-corrected chi connectivity index (χ2v) is 6.31. The summed E-state index contributed by atoms with van der Waals surface area (Å²) < 4.78 is 5.60. The van der Waals surface area contributed by atoms with E-state index in [-0.39, 0.29) is 12.2 Å². The van der Waals surface area contributed by atoms with Crippen LogP contribution in [0.1, 0.15) is 16.3 Å². The van der Waals surface area contributed by atoms with Crippen LogP contribution in [0, 0.1) is 13.8 Å². The Hall–Kier alpha value is -1.85. The van der Waals surface area contributed by atoms with Crippen molar-refractivity contribution in [1.82, 2.24) is 9.97 Å². The number of rotatable bonds is 3. The summed E-state index contributed by atoms with van der Waals surface area (Å²) in [7, 11) is 0. The first-order chi connectivity index (χ1) is 10.1. The standard InChI is InChI=1S/C15H13ClN2O2S/c1-8-9(2)21-15-13(8)14(19)17-12(18-15)7-20-11-6-4-3-5-10(11)16/h3-6H,7H2,1-2H3,(H,17,18,19). The quantitative estimate of drug-likeness (QED) is 0.798. The summed E-state index contributed by atoms with van der Waals surface area (Å²) in [6, 6.07) is 7.20. The molecule has 0 fully saturated rings. The summed E-state index contributed by atoms with van der Waals surface area (Å²) in [6.45, 7) is 4.09. The average Bonchev–Trinajstić information content (AvgIpc) is 2.73. The molecule has 0 amide bonds. The van der Waals surface area contributed by atoms with Crippen molar-refractivity contribution in [2.75, 3.05) is 0 Å². The molecule has 0 unspecified atom stereocenters. The lowest BCUT2D eigenvalue weighted by molar-refractivity contribution is 0.296. The number of hydrogen-bond acceptors (Lipinski definition) is 4. The molecule has 0 radical (unpaired) electrons. The van der Waals surface area contributed by atoms with Gasteiger partial charge in [0.2, 0.25) is 0 Å². The van der Waals surface area contributed by atoms with Crippen LogP contribution in [0.5, 0.6) is 5.75 Å². The number of aromatic nitrogens is 2. The number of halogens is 1. The molecule has 0 saturated carbocycles. The van der Waals surface area contributed by atoms with E-state index in [2.05, 4.69) is 9.97 Å². The zero-order valence-corrected chi connectivity index (χ0v) is 13.1. The highest BCUT2D eigenvalue weighted by Gasteiger charge is 2.12. The minimum Gasteiger partial charge on any atom is -0.484 e. The molecule has 3 aromatic rings. The number of H-pyrrole nitrogens is 1. The van der Waals surface area contributed by atoms with Gasteiger partial charge in [0, 0.05) is 4.88 Å². The zero-order chi connectivity index (χ0) is 15.0. The van der Waals surface area contributed by atoms with Crippen molar-refractivity contribution in [1.29, 1.82) is 0 Å². The van der Waals surface area contributed by atoms with Crippen LogP contribution in [0.2, 0.25) is 5.02 Å². The van der Waals surface area contributed by atoms with Gasteiger partial charge >= 0.3 is 0 Å². The molecule has 21 heavy (non-hydrogen) atoms. The van der Waals surface area contributed by atoms with E-state index >= 15 is 0 Å². The monoisotopic (exact) mass is 320 g/mol. The Balaban J connectivity index is 1.92. The van der Waals surface area contributed by atoms with Crippen LogP contribution >= 0.6 is 22.9 Å². The van der Waals surface area contributed by atoms with Crippen LogP contribution in [0.4, 0.5) is 0 Å². The fourth-order valence-electron chi connectivity index (χ4n) is 2.08. The number of aromatic amines is 1. The van der Waals surface area contributed by atoms with Gasteiger partial charge in [0.1, 0.15) is 23.0 Å². The number of nitrogens with one attached hydrogen (secondary N) is 1. The first kappa shape index (κ1) is 14.1. The van der Waals surface area contributed by atoms with Crippen LogP contribution in [-0.2, 0) is 6.61 Å². The van der Waals surface area contributed by atoms with E-state index in [1.807, 2.05) is 26.0 Å². The molecule has 108 valence electrons. The Morgan fingerprint density at radius 1 is 1.33 bits per heavy atom. The Labute approximate surface area is 130 Å². The van der Waals surface area contributed by atoms with Gasteiger partial charge in [-0.05, 0) is 31.5 Å². The maximum atomic E-state index is 12.1. The lowest BCUT2D eigenvalue weighted by Crippen LogP contribution is -2.13. The third-order valence-corrected chi connectivity index (χ3v) is 4.70. The number of fused-ring (bicyclic) bond motifs is 1. The molecule has 1 aromatic carbocycles. The fourth-order valence-corrected chi connectivity index (χ4v) is 3.31. The smallest absolute Gasteiger partial charge is 0.260 e. The number of thiophene rings is 1. The van der Waals surface area contributed by atoms with Gasteiger partial charge in [0.05, 0.1) is 10.4 Å². The molecule has 1 N–H and O–H groups in total. The highest BCUT2D eigenvalue weighted by atomic mass is 35.5. The van der Waals surface area contributed by atoms with Gasteiger partial charge in [0.25, 0.3) is 5.56 Å². The highest BCUT2D eigenvalue weighted by Crippen LogP contribution is 2.26. The van der Waals surface area contributed by atoms with E-state index in [0.29, 0.717) is 22.0 Å². The molecule has 4 nitrogen and oxygen atoms in total. The molecule has 2 aromatic heterocycles. The van der Waals surface area contributed by atoms with Gasteiger partial charge in [-0.1, -0.05) is 23.7 Å². The van der Waals surface area contributed by atoms with E-state index in [1.54, 1.807) is 12.1 Å². The number of ether oxygens (including phenoxy) is 1. The SMILES string of the molecule is Cc1sc2nc(COc3ccccc3Cl)[nH]c(=O)c2c1C. The van der Waals surface area contributed by atoms with Crippen molar-refractivity contribution >= 4 is 33.2 Å². The molecule has 0 spiro atoms. The van der Waals surface area contributed by atoms with E-state index in [1.165, 1.54) is 11.3 Å². The van der Waals surface area contributed by atoms with E-state index in [4.69, 9.17) is 16.3 Å². The summed E-state index contributed by atoms with van der Waals surface area (Å²) in [5.74, 6) is 1.06. The number of para-hydroxylation sites is 1. The topological polar surface area (TPSA) is 55.0 Å². The lowest BCUT2D eigenvalue weighted by atomic mass is 10.2. The van der Waals surface area contributed by atoms with E-state index in [0.717, 1.165) is 15.3 Å². The minimum absolute atomic E-state index is 0.125. The molecule has 0 aliphatic rings. The summed E-state index contributed by atoms with van der Waals surface area (Å²) in [5.41, 5.74) is 0.863. The summed E-state index contributed by atoms with van der Waals surface area (Å²) in [4.78, 5) is 21.2. The van der Waals surface area contributed by atoms with Crippen molar-refractivity contribution < 1.29 is 4.74 Å². The van der Waals surface area contributed by atoms with Crippen molar-refractivity contribution in [3.05, 3.63) is 55.9 Å². The molecule has 0 aliphatic heterocycles. The van der Waals surface area contributed by atoms with Crippen molar-refractivity contribution in [3.8, 4) is 5.75 Å². The van der Waals surface area contributed by atoms with Gasteiger partial charge in [-0.25, -0.2) is 4.98 Å². The summed E-state index contributed by atoms with van der Waals surface area (Å²) in [6.07, 6.45) is 0. The van der Waals surface area contributed by atoms with E-state index < -0.39 is 0 Å². The van der Waals surface area contributed by atoms with Gasteiger partial charge in [0.15, 0.2) is 0 Å². The Kier molecular flexibility index (Phi) is 3.69. The molecule has 2 heterocycles. The molecule has 0 aliphatic carbocycles. The van der Waals surface area contributed by atoms with Crippen molar-refractivity contribution in [2.45, 2.75) is 20.5 Å². The Bertz CT molecular complexity index is 870. The molecule has 6 heteroatoms. The molecule has 0 saturated heterocycles. The minimum atomic E-state index is -0.125. The van der Waals surface area contributed by atoms with Crippen LogP contribution in [0.3, 0.4) is 0 Å². The average molecular weight is 321 g/mol. The Morgan fingerprint density at radius 2 is 2.10 bits per heavy atom. The Morgan fingerprint density at radius 3 is 2.86 bits per heavy atom. The third kappa shape index (κ3) is 2.66. The second-order valence-electron chi connectivity index (χ2n) is 4.70. The number of hydrogen-bond donors (Lipinski definition) is 1. The molecule has 0 bridgehead atoms. The van der Waals surface area contributed by atoms with Crippen LogP contribution in [0.15, 0.2) is 29.1 Å². The fraction of sp³-hybridized carbons (Fsp3) is 0.200.